The number of amides is 3. The minimum atomic E-state index is -0.446. The zero-order valence-corrected chi connectivity index (χ0v) is 33.5. The topological polar surface area (TPSA) is 145 Å². The van der Waals surface area contributed by atoms with Crippen LogP contribution in [0.2, 0.25) is 0 Å². The van der Waals surface area contributed by atoms with Crippen molar-refractivity contribution in [3.63, 3.8) is 0 Å². The number of benzene rings is 5. The molecule has 300 valence electrons. The molecule has 58 heavy (non-hydrogen) atoms. The molecule has 5 aromatic carbocycles. The number of hydrogen-bond donors (Lipinski definition) is 2. The van der Waals surface area contributed by atoms with Crippen molar-refractivity contribution in [1.82, 2.24) is 5.01 Å². The predicted octanol–water partition coefficient (Wildman–Crippen LogP) is 9.10. The van der Waals surface area contributed by atoms with Crippen LogP contribution in [0.4, 0.5) is 11.4 Å². The lowest BCUT2D eigenvalue weighted by molar-refractivity contribution is 0.0751. The molecule has 0 saturated heterocycles. The number of halogens is 1. The van der Waals surface area contributed by atoms with Gasteiger partial charge in [-0.1, -0.05) is 6.07 Å². The molecule has 0 bridgehead atoms. The normalized spacial score (nSPS) is 11.9. The van der Waals surface area contributed by atoms with Gasteiger partial charge in [-0.15, -0.1) is 0 Å². The van der Waals surface area contributed by atoms with Crippen LogP contribution in [0.25, 0.3) is 0 Å². The van der Waals surface area contributed by atoms with Gasteiger partial charge in [-0.2, -0.15) is 5.10 Å². The molecule has 1 aliphatic rings. The summed E-state index contributed by atoms with van der Waals surface area (Å²) in [6, 6.07) is 32.6. The summed E-state index contributed by atoms with van der Waals surface area (Å²) in [6.07, 6.45) is 1.48. The van der Waals surface area contributed by atoms with E-state index in [1.165, 1.54) is 5.01 Å². The highest BCUT2D eigenvalue weighted by Gasteiger charge is 2.22. The van der Waals surface area contributed by atoms with Crippen molar-refractivity contribution in [1.29, 1.82) is 0 Å². The Labute approximate surface area is 342 Å². The second-order valence-electron chi connectivity index (χ2n) is 12.6. The van der Waals surface area contributed by atoms with Crippen LogP contribution in [-0.4, -0.2) is 67.2 Å². The van der Waals surface area contributed by atoms with E-state index in [1.807, 2.05) is 39.0 Å². The number of carbonyl (C=O) groups is 4. The third-order valence-corrected chi connectivity index (χ3v) is 8.87. The Morgan fingerprint density at radius 2 is 1.21 bits per heavy atom. The number of anilines is 2. The van der Waals surface area contributed by atoms with Crippen molar-refractivity contribution >= 4 is 51.7 Å². The van der Waals surface area contributed by atoms with E-state index in [0.717, 1.165) is 29.9 Å². The van der Waals surface area contributed by atoms with Crippen molar-refractivity contribution < 1.29 is 38.1 Å². The predicted molar refractivity (Wildman–Crippen MR) is 225 cm³/mol. The van der Waals surface area contributed by atoms with E-state index in [4.69, 9.17) is 30.5 Å². The molecular weight excluding hydrogens is 760 g/mol. The van der Waals surface area contributed by atoms with Crippen LogP contribution in [0.5, 0.6) is 23.0 Å². The molecule has 1 aliphatic heterocycles. The van der Waals surface area contributed by atoms with Gasteiger partial charge in [-0.05, 0) is 154 Å². The number of carbonyl (C=O) groups excluding carboxylic acids is 4. The second kappa shape index (κ2) is 21.0. The Bertz CT molecular complexity index is 2230. The molecule has 2 N–H and O–H groups in total. The van der Waals surface area contributed by atoms with Gasteiger partial charge in [0.05, 0.1) is 32.6 Å². The fraction of sp³-hybridized carbons (Fsp3) is 0.222. The third kappa shape index (κ3) is 11.7. The maximum atomic E-state index is 13.4. The van der Waals surface area contributed by atoms with Gasteiger partial charge in [0.1, 0.15) is 11.5 Å². The molecule has 0 atom stereocenters. The first kappa shape index (κ1) is 42.5. The van der Waals surface area contributed by atoms with Crippen LogP contribution >= 0.6 is 11.6 Å². The van der Waals surface area contributed by atoms with Crippen LogP contribution in [-0.2, 0) is 0 Å². The van der Waals surface area contributed by atoms with Crippen molar-refractivity contribution in [2.24, 2.45) is 5.10 Å². The maximum absolute atomic E-state index is 13.4. The first-order valence-electron chi connectivity index (χ1n) is 18.8. The molecule has 1 heterocycles. The average molecular weight is 805 g/mol. The summed E-state index contributed by atoms with van der Waals surface area (Å²) in [4.78, 5) is 49.7. The number of rotatable bonds is 14. The molecule has 13 heteroatoms. The quantitative estimate of drug-likeness (QED) is 0.106. The molecule has 12 nitrogen and oxygen atoms in total. The lowest BCUT2D eigenvalue weighted by Gasteiger charge is -2.24. The van der Waals surface area contributed by atoms with Gasteiger partial charge in [-0.3, -0.25) is 19.2 Å². The smallest absolute Gasteiger partial charge is 0.274 e. The lowest BCUT2D eigenvalue weighted by atomic mass is 10.0. The summed E-state index contributed by atoms with van der Waals surface area (Å²) in [6.45, 7) is 7.85. The molecule has 0 unspecified atom stereocenters. The molecule has 0 spiro atoms. The lowest BCUT2D eigenvalue weighted by Crippen LogP contribution is -2.32. The van der Waals surface area contributed by atoms with Crippen LogP contribution in [0.15, 0.2) is 120 Å². The summed E-state index contributed by atoms with van der Waals surface area (Å²) in [7, 11) is 1.59. The minimum Gasteiger partial charge on any atom is -0.494 e. The van der Waals surface area contributed by atoms with E-state index in [2.05, 4.69) is 15.7 Å². The molecule has 0 aliphatic carbocycles. The van der Waals surface area contributed by atoms with Gasteiger partial charge in [0.15, 0.2) is 11.5 Å². The Balaban J connectivity index is 0.000000458. The maximum Gasteiger partial charge on any atom is 0.274 e. The first-order chi connectivity index (χ1) is 28.1. The van der Waals surface area contributed by atoms with E-state index < -0.39 is 5.24 Å². The van der Waals surface area contributed by atoms with E-state index >= 15 is 0 Å². The Kier molecular flexibility index (Phi) is 15.4. The summed E-state index contributed by atoms with van der Waals surface area (Å²) < 4.78 is 21.7. The molecule has 0 saturated carbocycles. The summed E-state index contributed by atoms with van der Waals surface area (Å²) >= 11 is 5.25. The molecule has 5 aromatic rings. The van der Waals surface area contributed by atoms with Gasteiger partial charge in [-0.25, -0.2) is 5.01 Å². The zero-order valence-electron chi connectivity index (χ0n) is 32.8. The number of hydrogen-bond acceptors (Lipinski definition) is 9. The van der Waals surface area contributed by atoms with Crippen molar-refractivity contribution in [3.8, 4) is 23.0 Å². The van der Waals surface area contributed by atoms with Gasteiger partial charge < -0.3 is 29.6 Å². The number of methoxy groups -OCH3 is 1. The SMILES string of the molecule is CCOc1ccc(C(=O)Cl)cc1.CCOc1ccc(C(=O)Nc2ccc(C(=O)Nc3cccc(C(=O)N4CCCC(c5ccc(OC)c(OCC)c5)=N4)c3)cc2)cc1. The number of hydrazone groups is 1. The first-order valence-corrected chi connectivity index (χ1v) is 19.2. The van der Waals surface area contributed by atoms with E-state index in [9.17, 15) is 19.2 Å². The zero-order chi connectivity index (χ0) is 41.4. The number of ether oxygens (including phenoxy) is 4. The molecule has 0 fully saturated rings. The van der Waals surface area contributed by atoms with Crippen molar-refractivity contribution in [3.05, 3.63) is 143 Å². The van der Waals surface area contributed by atoms with Gasteiger partial charge in [0.25, 0.3) is 23.0 Å². The van der Waals surface area contributed by atoms with Gasteiger partial charge >= 0.3 is 0 Å². The largest absolute Gasteiger partial charge is 0.494 e. The fourth-order valence-corrected chi connectivity index (χ4v) is 5.95. The van der Waals surface area contributed by atoms with Crippen molar-refractivity contribution in [2.75, 3.05) is 44.1 Å². The van der Waals surface area contributed by atoms with Crippen LogP contribution in [0.3, 0.4) is 0 Å². The molecule has 0 aromatic heterocycles. The van der Waals surface area contributed by atoms with Gasteiger partial charge in [0.2, 0.25) is 0 Å². The summed E-state index contributed by atoms with van der Waals surface area (Å²) in [5.41, 5.74) is 4.44. The molecule has 6 rings (SSSR count). The van der Waals surface area contributed by atoms with Gasteiger partial charge in [0, 0.05) is 45.7 Å². The monoisotopic (exact) mass is 804 g/mol. The molecule has 0 radical (unpaired) electrons. The minimum absolute atomic E-state index is 0.264. The van der Waals surface area contributed by atoms with E-state index in [1.54, 1.807) is 104 Å². The fourth-order valence-electron chi connectivity index (χ4n) is 5.82. The number of nitrogens with one attached hydrogen (secondary N) is 2. The summed E-state index contributed by atoms with van der Waals surface area (Å²) in [5.74, 6) is 1.82. The highest BCUT2D eigenvalue weighted by molar-refractivity contribution is 6.67. The van der Waals surface area contributed by atoms with Crippen LogP contribution in [0, 0.1) is 0 Å². The second-order valence-corrected chi connectivity index (χ2v) is 13.0. The highest BCUT2D eigenvalue weighted by Crippen LogP contribution is 2.30. The van der Waals surface area contributed by atoms with E-state index in [0.29, 0.717) is 77.2 Å². The molecular formula is C45H45ClN4O8. The van der Waals surface area contributed by atoms with Crippen molar-refractivity contribution in [2.45, 2.75) is 33.6 Å². The van der Waals surface area contributed by atoms with E-state index in [-0.39, 0.29) is 17.7 Å². The average Bonchev–Trinajstić information content (AvgIpc) is 3.25. The Hall–Kier alpha value is -6.66. The third-order valence-electron chi connectivity index (χ3n) is 8.65. The molecule has 3 amide bonds. The summed E-state index contributed by atoms with van der Waals surface area (Å²) in [5, 5.41) is 11.4. The Morgan fingerprint density at radius 1 is 0.638 bits per heavy atom. The van der Waals surface area contributed by atoms with Crippen LogP contribution in [0.1, 0.15) is 80.6 Å². The standard InChI is InChI=1S/C36H36N4O6.C9H9ClO2/c1-4-45-30-18-13-25(14-19-30)34(41)37-28-16-11-24(12-17-28)35(42)38-29-9-6-8-27(22-29)36(43)40-21-7-10-31(39-40)26-15-20-32(44-3)33(23-26)46-5-2;1-2-12-8-5-3-7(4-6-8)9(10)11/h6,8-9,11-20,22-23H,4-5,7,10,21H2,1-3H3,(H,37,41)(H,38,42);3-6H,2H2,1H3. The number of nitrogens with zero attached hydrogens (tertiary/aromatic N) is 2. The Morgan fingerprint density at radius 3 is 1.78 bits per heavy atom. The highest BCUT2D eigenvalue weighted by atomic mass is 35.5. The van der Waals surface area contributed by atoms with Crippen LogP contribution < -0.4 is 29.6 Å².